The Labute approximate surface area is 184 Å². The highest BCUT2D eigenvalue weighted by Gasteiger charge is 2.32. The van der Waals surface area contributed by atoms with E-state index in [-0.39, 0.29) is 23.5 Å². The van der Waals surface area contributed by atoms with Crippen LogP contribution < -0.4 is 5.32 Å². The van der Waals surface area contributed by atoms with Crippen LogP contribution in [-0.2, 0) is 11.2 Å². The van der Waals surface area contributed by atoms with E-state index in [2.05, 4.69) is 20.5 Å². The smallest absolute Gasteiger partial charge is 0.414 e. The van der Waals surface area contributed by atoms with Crippen LogP contribution in [0, 0.1) is 5.82 Å². The standard InChI is InChI=1S/C23H22FN5O3/c1-14(18-5-3-4-11-25-18)26-22(30)21-17-10-12-29(23(31)32-2)19(20(17)27-28-21)13-15-6-8-16(24)9-7-15/h3-9,11,13-14H,10,12H2,1-2H3,(H,26,30)(H,27,28)/b19-13-. The van der Waals surface area contributed by atoms with Crippen LogP contribution in [0.1, 0.15) is 46.0 Å². The average molecular weight is 435 g/mol. The lowest BCUT2D eigenvalue weighted by Crippen LogP contribution is -2.35. The molecule has 0 saturated carbocycles. The summed E-state index contributed by atoms with van der Waals surface area (Å²) in [5.74, 6) is -0.697. The van der Waals surface area contributed by atoms with Crippen molar-refractivity contribution >= 4 is 23.8 Å². The van der Waals surface area contributed by atoms with Gasteiger partial charge < -0.3 is 10.1 Å². The number of hydrogen-bond donors (Lipinski definition) is 2. The molecule has 0 bridgehead atoms. The first-order chi connectivity index (χ1) is 15.5. The molecule has 8 nitrogen and oxygen atoms in total. The largest absolute Gasteiger partial charge is 0.452 e. The van der Waals surface area contributed by atoms with Crippen LogP contribution in [0.3, 0.4) is 0 Å². The molecule has 0 spiro atoms. The van der Waals surface area contributed by atoms with Gasteiger partial charge in [-0.15, -0.1) is 0 Å². The van der Waals surface area contributed by atoms with E-state index in [1.54, 1.807) is 24.4 Å². The highest BCUT2D eigenvalue weighted by molar-refractivity contribution is 5.98. The summed E-state index contributed by atoms with van der Waals surface area (Å²) in [6, 6.07) is 11.1. The Kier molecular flexibility index (Phi) is 5.98. The summed E-state index contributed by atoms with van der Waals surface area (Å²) in [7, 11) is 1.30. The van der Waals surface area contributed by atoms with Crippen molar-refractivity contribution in [1.29, 1.82) is 0 Å². The van der Waals surface area contributed by atoms with E-state index in [0.717, 1.165) is 5.69 Å². The Morgan fingerprint density at radius 1 is 1.25 bits per heavy atom. The van der Waals surface area contributed by atoms with Gasteiger partial charge in [0.1, 0.15) is 5.82 Å². The summed E-state index contributed by atoms with van der Waals surface area (Å²) in [5.41, 5.74) is 3.42. The van der Waals surface area contributed by atoms with Gasteiger partial charge in [-0.25, -0.2) is 9.18 Å². The summed E-state index contributed by atoms with van der Waals surface area (Å²) in [6.45, 7) is 2.15. The number of nitrogens with one attached hydrogen (secondary N) is 2. The van der Waals surface area contributed by atoms with E-state index in [1.165, 1.54) is 24.1 Å². The van der Waals surface area contributed by atoms with Gasteiger partial charge in [0.05, 0.1) is 30.2 Å². The molecule has 1 aliphatic heterocycles. The number of aromatic nitrogens is 3. The van der Waals surface area contributed by atoms with Crippen molar-refractivity contribution in [3.63, 3.8) is 0 Å². The van der Waals surface area contributed by atoms with E-state index in [9.17, 15) is 14.0 Å². The summed E-state index contributed by atoms with van der Waals surface area (Å²) in [6.07, 6.45) is 3.28. The molecule has 0 fully saturated rings. The van der Waals surface area contributed by atoms with Crippen LogP contribution in [0.5, 0.6) is 0 Å². The first-order valence-electron chi connectivity index (χ1n) is 10.1. The molecule has 3 aromatic rings. The molecule has 1 aliphatic rings. The number of halogens is 1. The molecule has 2 aromatic heterocycles. The molecule has 0 radical (unpaired) electrons. The third-order valence-electron chi connectivity index (χ3n) is 5.26. The van der Waals surface area contributed by atoms with Gasteiger partial charge in [0.25, 0.3) is 5.91 Å². The molecule has 32 heavy (non-hydrogen) atoms. The fourth-order valence-corrected chi connectivity index (χ4v) is 3.63. The maximum atomic E-state index is 13.3. The zero-order valence-corrected chi connectivity index (χ0v) is 17.6. The van der Waals surface area contributed by atoms with E-state index in [4.69, 9.17) is 4.74 Å². The van der Waals surface area contributed by atoms with Crippen LogP contribution in [0.2, 0.25) is 0 Å². The molecule has 1 aromatic carbocycles. The summed E-state index contributed by atoms with van der Waals surface area (Å²) >= 11 is 0. The number of methoxy groups -OCH3 is 1. The molecule has 2 amide bonds. The van der Waals surface area contributed by atoms with Crippen molar-refractivity contribution in [1.82, 2.24) is 25.4 Å². The Balaban J connectivity index is 1.66. The molecular formula is C23H22FN5O3. The first kappa shape index (κ1) is 21.2. The fraction of sp³-hybridized carbons (Fsp3) is 0.217. The van der Waals surface area contributed by atoms with Crippen molar-refractivity contribution in [3.8, 4) is 0 Å². The summed E-state index contributed by atoms with van der Waals surface area (Å²) < 4.78 is 18.2. The maximum Gasteiger partial charge on any atom is 0.414 e. The lowest BCUT2D eigenvalue weighted by molar-refractivity contribution is 0.0933. The number of ether oxygens (including phenoxy) is 1. The summed E-state index contributed by atoms with van der Waals surface area (Å²) in [4.78, 5) is 31.0. The number of carbonyl (C=O) groups is 2. The normalized spacial score (nSPS) is 15.2. The third kappa shape index (κ3) is 4.22. The second-order valence-electron chi connectivity index (χ2n) is 7.33. The zero-order chi connectivity index (χ0) is 22.7. The lowest BCUT2D eigenvalue weighted by atomic mass is 9.99. The molecule has 1 unspecified atom stereocenters. The van der Waals surface area contributed by atoms with Gasteiger partial charge in [-0.3, -0.25) is 19.8 Å². The van der Waals surface area contributed by atoms with Gasteiger partial charge in [-0.05, 0) is 49.2 Å². The van der Waals surface area contributed by atoms with Crippen molar-refractivity contribution in [2.24, 2.45) is 0 Å². The van der Waals surface area contributed by atoms with Gasteiger partial charge in [0.15, 0.2) is 5.69 Å². The highest BCUT2D eigenvalue weighted by Crippen LogP contribution is 2.31. The predicted octanol–water partition coefficient (Wildman–Crippen LogP) is 3.56. The molecule has 0 saturated heterocycles. The van der Waals surface area contributed by atoms with E-state index >= 15 is 0 Å². The number of aromatic amines is 1. The van der Waals surface area contributed by atoms with Crippen LogP contribution >= 0.6 is 0 Å². The van der Waals surface area contributed by atoms with E-state index in [1.807, 2.05) is 25.1 Å². The van der Waals surface area contributed by atoms with E-state index < -0.39 is 6.09 Å². The molecule has 0 aliphatic carbocycles. The van der Waals surface area contributed by atoms with Gasteiger partial charge in [0.2, 0.25) is 0 Å². The molecule has 2 N–H and O–H groups in total. The molecular weight excluding hydrogens is 413 g/mol. The van der Waals surface area contributed by atoms with Crippen LogP contribution in [-0.4, -0.2) is 45.7 Å². The van der Waals surface area contributed by atoms with E-state index in [0.29, 0.717) is 35.5 Å². The number of pyridine rings is 1. The van der Waals surface area contributed by atoms with Crippen molar-refractivity contribution in [2.45, 2.75) is 19.4 Å². The quantitative estimate of drug-likeness (QED) is 0.653. The summed E-state index contributed by atoms with van der Waals surface area (Å²) in [5, 5.41) is 10.0. The van der Waals surface area contributed by atoms with Gasteiger partial charge in [0, 0.05) is 18.3 Å². The topological polar surface area (TPSA) is 100 Å². The number of hydrogen-bond acceptors (Lipinski definition) is 5. The number of H-pyrrole nitrogens is 1. The Bertz CT molecular complexity index is 1160. The molecule has 164 valence electrons. The number of amides is 2. The monoisotopic (exact) mass is 435 g/mol. The van der Waals surface area contributed by atoms with Crippen molar-refractivity contribution in [3.05, 3.63) is 82.7 Å². The lowest BCUT2D eigenvalue weighted by Gasteiger charge is -2.28. The minimum absolute atomic E-state index is 0.261. The van der Waals surface area contributed by atoms with Gasteiger partial charge >= 0.3 is 6.09 Å². The van der Waals surface area contributed by atoms with Crippen molar-refractivity contribution < 1.29 is 18.7 Å². The minimum Gasteiger partial charge on any atom is -0.452 e. The highest BCUT2D eigenvalue weighted by atomic mass is 19.1. The first-order valence-corrected chi connectivity index (χ1v) is 10.1. The molecule has 1 atom stereocenters. The number of rotatable bonds is 4. The van der Waals surface area contributed by atoms with Crippen LogP contribution in [0.15, 0.2) is 48.7 Å². The molecule has 9 heteroatoms. The Morgan fingerprint density at radius 2 is 2.03 bits per heavy atom. The third-order valence-corrected chi connectivity index (χ3v) is 5.26. The Morgan fingerprint density at radius 3 is 2.72 bits per heavy atom. The van der Waals surface area contributed by atoms with Crippen LogP contribution in [0.4, 0.5) is 9.18 Å². The average Bonchev–Trinajstić information content (AvgIpc) is 3.25. The second kappa shape index (κ2) is 9.01. The van der Waals surface area contributed by atoms with Crippen molar-refractivity contribution in [2.75, 3.05) is 13.7 Å². The fourth-order valence-electron chi connectivity index (χ4n) is 3.63. The number of fused-ring (bicyclic) bond motifs is 1. The number of benzene rings is 1. The van der Waals surface area contributed by atoms with Crippen LogP contribution in [0.25, 0.3) is 11.8 Å². The maximum absolute atomic E-state index is 13.3. The zero-order valence-electron chi connectivity index (χ0n) is 17.6. The SMILES string of the molecule is COC(=O)N1CCc2c(C(=O)NC(C)c3ccccn3)n[nH]c2/C1=C/c1ccc(F)cc1. The second-order valence-corrected chi connectivity index (χ2v) is 7.33. The van der Waals surface area contributed by atoms with Gasteiger partial charge in [-0.1, -0.05) is 18.2 Å². The Hall–Kier alpha value is -4.01. The van der Waals surface area contributed by atoms with Gasteiger partial charge in [-0.2, -0.15) is 5.10 Å². The minimum atomic E-state index is -0.534. The molecule has 3 heterocycles. The number of nitrogens with zero attached hydrogens (tertiary/aromatic N) is 3. The molecule has 4 rings (SSSR count). The number of carbonyl (C=O) groups excluding carboxylic acids is 2. The predicted molar refractivity (Wildman–Crippen MR) is 116 cm³/mol.